The molecule has 0 aliphatic carbocycles. The number of sulfonamides is 1. The average molecular weight is 327 g/mol. The zero-order valence-corrected chi connectivity index (χ0v) is 13.8. The molecule has 0 radical (unpaired) electrons. The molecule has 1 heterocycles. The number of carbonyl (C=O) groups is 1. The number of fused-ring (bicyclic) bond motifs is 1. The summed E-state index contributed by atoms with van der Waals surface area (Å²) in [6.07, 6.45) is 1.22. The molecule has 2 unspecified atom stereocenters. The summed E-state index contributed by atoms with van der Waals surface area (Å²) >= 11 is 0. The van der Waals surface area contributed by atoms with Crippen LogP contribution in [0.25, 0.3) is 0 Å². The van der Waals surface area contributed by atoms with Crippen LogP contribution in [0.5, 0.6) is 5.75 Å². The molecule has 6 nitrogen and oxygen atoms in total. The molecule has 22 heavy (non-hydrogen) atoms. The molecule has 0 saturated carbocycles. The highest BCUT2D eigenvalue weighted by Crippen LogP contribution is 2.32. The van der Waals surface area contributed by atoms with Crippen molar-refractivity contribution in [2.45, 2.75) is 50.7 Å². The quantitative estimate of drug-likeness (QED) is 0.862. The molecule has 0 saturated heterocycles. The first kappa shape index (κ1) is 16.8. The van der Waals surface area contributed by atoms with Gasteiger partial charge in [-0.05, 0) is 44.0 Å². The van der Waals surface area contributed by atoms with Crippen molar-refractivity contribution in [1.29, 1.82) is 0 Å². The molecule has 122 valence electrons. The number of aliphatic carboxylic acids is 1. The summed E-state index contributed by atoms with van der Waals surface area (Å²) in [4.78, 5) is 11.1. The van der Waals surface area contributed by atoms with Gasteiger partial charge in [-0.15, -0.1) is 0 Å². The molecular weight excluding hydrogens is 306 g/mol. The Morgan fingerprint density at radius 1 is 1.50 bits per heavy atom. The Kier molecular flexibility index (Phi) is 4.77. The van der Waals surface area contributed by atoms with Crippen molar-refractivity contribution < 1.29 is 23.1 Å². The highest BCUT2D eigenvalue weighted by molar-refractivity contribution is 7.89. The van der Waals surface area contributed by atoms with Gasteiger partial charge in [-0.3, -0.25) is 4.79 Å². The van der Waals surface area contributed by atoms with Crippen LogP contribution in [0.4, 0.5) is 0 Å². The Morgan fingerprint density at radius 2 is 2.18 bits per heavy atom. The summed E-state index contributed by atoms with van der Waals surface area (Å²) in [6.45, 7) is 4.91. The van der Waals surface area contributed by atoms with E-state index in [2.05, 4.69) is 0 Å². The zero-order valence-electron chi connectivity index (χ0n) is 12.9. The molecular formula is C15H21NO5S. The smallest absolute Gasteiger partial charge is 0.318 e. The minimum absolute atomic E-state index is 0.0256. The fraction of sp³-hybridized carbons (Fsp3) is 0.533. The molecule has 0 spiro atoms. The molecule has 1 aliphatic rings. The first-order valence-corrected chi connectivity index (χ1v) is 8.73. The van der Waals surface area contributed by atoms with Crippen molar-refractivity contribution in [2.75, 3.05) is 6.54 Å². The number of nitrogens with zero attached hydrogens (tertiary/aromatic N) is 1. The van der Waals surface area contributed by atoms with E-state index in [9.17, 15) is 13.2 Å². The third-order valence-corrected chi connectivity index (χ3v) is 5.80. The molecule has 2 rings (SSSR count). The van der Waals surface area contributed by atoms with Crippen molar-refractivity contribution in [3.63, 3.8) is 0 Å². The summed E-state index contributed by atoms with van der Waals surface area (Å²) in [5.41, 5.74) is 0.841. The van der Waals surface area contributed by atoms with E-state index in [1.54, 1.807) is 19.1 Å². The lowest BCUT2D eigenvalue weighted by Crippen LogP contribution is -2.41. The first-order chi connectivity index (χ1) is 10.3. The van der Waals surface area contributed by atoms with E-state index in [-0.39, 0.29) is 17.0 Å². The van der Waals surface area contributed by atoms with Gasteiger partial charge in [0.1, 0.15) is 18.4 Å². The third kappa shape index (κ3) is 3.25. The van der Waals surface area contributed by atoms with Crippen molar-refractivity contribution in [3.05, 3.63) is 23.8 Å². The maximum Gasteiger partial charge on any atom is 0.318 e. The van der Waals surface area contributed by atoms with Crippen molar-refractivity contribution in [3.8, 4) is 5.75 Å². The number of benzene rings is 1. The van der Waals surface area contributed by atoms with Gasteiger partial charge in [0.25, 0.3) is 0 Å². The molecule has 0 aromatic heterocycles. The fourth-order valence-corrected chi connectivity index (χ4v) is 4.21. The lowest BCUT2D eigenvalue weighted by Gasteiger charge is -2.26. The highest BCUT2D eigenvalue weighted by Gasteiger charge is 2.31. The molecule has 1 aromatic rings. The molecule has 1 N–H and O–H groups in total. The van der Waals surface area contributed by atoms with Crippen LogP contribution in [0.15, 0.2) is 23.1 Å². The van der Waals surface area contributed by atoms with Crippen LogP contribution in [0.1, 0.15) is 32.8 Å². The molecule has 0 bridgehead atoms. The van der Waals surface area contributed by atoms with Crippen molar-refractivity contribution in [2.24, 2.45) is 0 Å². The number of hydrogen-bond acceptors (Lipinski definition) is 4. The molecule has 7 heteroatoms. The SMILES string of the molecule is CCC(C)N(CC(=O)O)S(=O)(=O)c1ccc2c(c1)CC(C)O2. The van der Waals surface area contributed by atoms with Gasteiger partial charge in [-0.25, -0.2) is 8.42 Å². The number of carboxylic acid groups (broad SMARTS) is 1. The highest BCUT2D eigenvalue weighted by atomic mass is 32.2. The van der Waals surface area contributed by atoms with E-state index in [1.807, 2.05) is 13.8 Å². The lowest BCUT2D eigenvalue weighted by molar-refractivity contribution is -0.137. The number of rotatable bonds is 6. The third-order valence-electron chi connectivity index (χ3n) is 3.85. The topological polar surface area (TPSA) is 83.9 Å². The zero-order chi connectivity index (χ0) is 16.5. The second-order valence-electron chi connectivity index (χ2n) is 5.60. The van der Waals surface area contributed by atoms with Gasteiger partial charge in [-0.1, -0.05) is 6.92 Å². The van der Waals surface area contributed by atoms with Gasteiger partial charge in [0.2, 0.25) is 10.0 Å². The Labute approximate surface area is 130 Å². The van der Waals surface area contributed by atoms with Gasteiger partial charge in [0.05, 0.1) is 4.90 Å². The van der Waals surface area contributed by atoms with Gasteiger partial charge in [0.15, 0.2) is 0 Å². The van der Waals surface area contributed by atoms with Crippen LogP contribution in [-0.4, -0.2) is 42.5 Å². The van der Waals surface area contributed by atoms with Gasteiger partial charge in [-0.2, -0.15) is 4.31 Å². The number of hydrogen-bond donors (Lipinski definition) is 1. The van der Waals surface area contributed by atoms with E-state index < -0.39 is 22.5 Å². The van der Waals surface area contributed by atoms with Gasteiger partial charge >= 0.3 is 5.97 Å². The molecule has 1 aromatic carbocycles. The Morgan fingerprint density at radius 3 is 2.77 bits per heavy atom. The lowest BCUT2D eigenvalue weighted by atomic mass is 10.1. The van der Waals surface area contributed by atoms with E-state index >= 15 is 0 Å². The van der Waals surface area contributed by atoms with Gasteiger partial charge in [0, 0.05) is 12.5 Å². The van der Waals surface area contributed by atoms with Crippen molar-refractivity contribution >= 4 is 16.0 Å². The maximum absolute atomic E-state index is 12.8. The van der Waals surface area contributed by atoms with E-state index in [0.717, 1.165) is 9.87 Å². The maximum atomic E-state index is 12.8. The molecule has 2 atom stereocenters. The number of ether oxygens (including phenoxy) is 1. The Bertz CT molecular complexity index is 671. The first-order valence-electron chi connectivity index (χ1n) is 7.29. The average Bonchev–Trinajstić information content (AvgIpc) is 2.82. The summed E-state index contributed by atoms with van der Waals surface area (Å²) < 4.78 is 32.1. The van der Waals surface area contributed by atoms with Crippen LogP contribution in [0.3, 0.4) is 0 Å². The van der Waals surface area contributed by atoms with Gasteiger partial charge < -0.3 is 9.84 Å². The summed E-state index contributed by atoms with van der Waals surface area (Å²) in [5, 5.41) is 9.00. The van der Waals surface area contributed by atoms with E-state index in [1.165, 1.54) is 6.07 Å². The monoisotopic (exact) mass is 327 g/mol. The van der Waals surface area contributed by atoms with Crippen LogP contribution in [-0.2, 0) is 21.2 Å². The fourth-order valence-electron chi connectivity index (χ4n) is 2.51. The largest absolute Gasteiger partial charge is 0.490 e. The van der Waals surface area contributed by atoms with Crippen LogP contribution in [0, 0.1) is 0 Å². The second-order valence-corrected chi connectivity index (χ2v) is 7.49. The van der Waals surface area contributed by atoms with Crippen molar-refractivity contribution in [1.82, 2.24) is 4.31 Å². The van der Waals surface area contributed by atoms with E-state index in [4.69, 9.17) is 9.84 Å². The van der Waals surface area contributed by atoms with Crippen LogP contribution < -0.4 is 4.74 Å². The number of carboxylic acids is 1. The minimum atomic E-state index is -3.85. The summed E-state index contributed by atoms with van der Waals surface area (Å²) in [6, 6.07) is 4.32. The summed E-state index contributed by atoms with van der Waals surface area (Å²) in [5.74, 6) is -0.471. The second kappa shape index (κ2) is 6.26. The normalized spacial score (nSPS) is 18.8. The van der Waals surface area contributed by atoms with Crippen LogP contribution in [0.2, 0.25) is 0 Å². The summed E-state index contributed by atoms with van der Waals surface area (Å²) in [7, 11) is -3.85. The predicted octanol–water partition coefficient (Wildman–Crippen LogP) is 1.88. The van der Waals surface area contributed by atoms with E-state index in [0.29, 0.717) is 18.6 Å². The minimum Gasteiger partial charge on any atom is -0.490 e. The predicted molar refractivity (Wildman–Crippen MR) is 81.5 cm³/mol. The Hall–Kier alpha value is -1.60. The Balaban J connectivity index is 2.39. The van der Waals surface area contributed by atoms with Crippen LogP contribution >= 0.6 is 0 Å². The molecule has 0 amide bonds. The molecule has 0 fully saturated rings. The standard InChI is InChI=1S/C15H21NO5S/c1-4-10(2)16(9-15(17)18)22(19,20)13-5-6-14-12(8-13)7-11(3)21-14/h5-6,8,10-11H,4,7,9H2,1-3H3,(H,17,18). The molecule has 1 aliphatic heterocycles.